The van der Waals surface area contributed by atoms with Crippen molar-refractivity contribution < 1.29 is 9.47 Å². The van der Waals surface area contributed by atoms with E-state index in [4.69, 9.17) is 15.2 Å². The Balaban J connectivity index is 0.00000300. The molecule has 1 heterocycles. The summed E-state index contributed by atoms with van der Waals surface area (Å²) in [6.07, 6.45) is 2.85. The molecule has 0 fully saturated rings. The van der Waals surface area contributed by atoms with Crippen molar-refractivity contribution in [2.24, 2.45) is 10.7 Å². The van der Waals surface area contributed by atoms with Gasteiger partial charge in [0.15, 0.2) is 5.96 Å². The Morgan fingerprint density at radius 1 is 1.10 bits per heavy atom. The summed E-state index contributed by atoms with van der Waals surface area (Å²) in [5, 5.41) is 4.37. The molecule has 3 rings (SSSR count). The van der Waals surface area contributed by atoms with E-state index in [1.165, 1.54) is 16.5 Å². The number of guanidine groups is 1. The maximum Gasteiger partial charge on any atom is 0.193 e. The number of hydrogen-bond donors (Lipinski definition) is 3. The number of hydrogen-bond acceptors (Lipinski definition) is 3. The van der Waals surface area contributed by atoms with Crippen molar-refractivity contribution in [1.29, 1.82) is 0 Å². The van der Waals surface area contributed by atoms with Crippen LogP contribution >= 0.6 is 24.0 Å². The van der Waals surface area contributed by atoms with Gasteiger partial charge in [-0.3, -0.25) is 4.99 Å². The number of nitrogens with two attached hydrogens (primary N) is 1. The maximum atomic E-state index is 6.10. The molecule has 0 unspecified atom stereocenters. The highest BCUT2D eigenvalue weighted by atomic mass is 127. The van der Waals surface area contributed by atoms with Crippen LogP contribution in [0.3, 0.4) is 0 Å². The highest BCUT2D eigenvalue weighted by molar-refractivity contribution is 14.0. The van der Waals surface area contributed by atoms with Crippen molar-refractivity contribution >= 4 is 46.5 Å². The minimum absolute atomic E-state index is 0. The lowest BCUT2D eigenvalue weighted by molar-refractivity contribution is 0.332. The lowest BCUT2D eigenvalue weighted by Gasteiger charge is -2.14. The lowest BCUT2D eigenvalue weighted by atomic mass is 10.1. The average molecular weight is 508 g/mol. The van der Waals surface area contributed by atoms with Crippen molar-refractivity contribution in [3.8, 4) is 11.5 Å². The second kappa shape index (κ2) is 10.9. The summed E-state index contributed by atoms with van der Waals surface area (Å²) in [5.74, 6) is 1.83. The van der Waals surface area contributed by atoms with Gasteiger partial charge < -0.3 is 25.5 Å². The minimum Gasteiger partial charge on any atom is -0.494 e. The molecular formula is C22H29IN4O2. The van der Waals surface area contributed by atoms with Crippen LogP contribution in [-0.4, -0.2) is 30.7 Å². The quantitative estimate of drug-likeness (QED) is 0.231. The fourth-order valence-corrected chi connectivity index (χ4v) is 3.13. The molecule has 0 aliphatic rings. The van der Waals surface area contributed by atoms with Crippen LogP contribution in [0.5, 0.6) is 11.5 Å². The molecule has 0 atom stereocenters. The van der Waals surface area contributed by atoms with Gasteiger partial charge in [-0.1, -0.05) is 12.1 Å². The van der Waals surface area contributed by atoms with E-state index in [2.05, 4.69) is 40.4 Å². The van der Waals surface area contributed by atoms with Gasteiger partial charge in [0.2, 0.25) is 0 Å². The predicted octanol–water partition coefficient (Wildman–Crippen LogP) is 4.86. The van der Waals surface area contributed by atoms with Crippen molar-refractivity contribution in [2.75, 3.05) is 25.1 Å². The van der Waals surface area contributed by atoms with Crippen LogP contribution < -0.4 is 20.5 Å². The average Bonchev–Trinajstić information content (AvgIpc) is 3.06. The number of H-pyrrole nitrogens is 1. The molecule has 7 heteroatoms. The SMILES string of the molecule is CCOc1ccc(OCC)c(NC(N)=NCCc2c[nH]c3cc(C)ccc23)c1.I. The van der Waals surface area contributed by atoms with E-state index in [1.54, 1.807) is 0 Å². The summed E-state index contributed by atoms with van der Waals surface area (Å²) < 4.78 is 11.2. The van der Waals surface area contributed by atoms with Gasteiger partial charge in [0, 0.05) is 29.7 Å². The molecule has 0 aliphatic carbocycles. The topological polar surface area (TPSA) is 84.7 Å². The number of nitrogens with one attached hydrogen (secondary N) is 2. The summed E-state index contributed by atoms with van der Waals surface area (Å²) in [6.45, 7) is 7.75. The van der Waals surface area contributed by atoms with Crippen LogP contribution in [-0.2, 0) is 6.42 Å². The second-order valence-corrected chi connectivity index (χ2v) is 6.53. The maximum absolute atomic E-state index is 6.10. The number of aromatic nitrogens is 1. The number of ether oxygens (including phenoxy) is 2. The first-order valence-corrected chi connectivity index (χ1v) is 9.64. The van der Waals surface area contributed by atoms with Crippen molar-refractivity contribution in [1.82, 2.24) is 4.98 Å². The van der Waals surface area contributed by atoms with E-state index >= 15 is 0 Å². The number of aliphatic imine (C=N–C) groups is 1. The Kier molecular flexibility index (Phi) is 8.63. The van der Waals surface area contributed by atoms with E-state index in [-0.39, 0.29) is 24.0 Å². The number of aromatic amines is 1. The minimum atomic E-state index is 0. The van der Waals surface area contributed by atoms with Gasteiger partial charge in [-0.15, -0.1) is 24.0 Å². The molecule has 4 N–H and O–H groups in total. The third-order valence-electron chi connectivity index (χ3n) is 4.41. The Morgan fingerprint density at radius 2 is 1.90 bits per heavy atom. The van der Waals surface area contributed by atoms with Crippen LogP contribution in [0.1, 0.15) is 25.0 Å². The van der Waals surface area contributed by atoms with Crippen molar-refractivity contribution in [3.63, 3.8) is 0 Å². The van der Waals surface area contributed by atoms with Crippen LogP contribution in [0, 0.1) is 6.92 Å². The predicted molar refractivity (Wildman–Crippen MR) is 131 cm³/mol. The van der Waals surface area contributed by atoms with Gasteiger partial charge in [-0.05, 0) is 56.5 Å². The van der Waals surface area contributed by atoms with Gasteiger partial charge in [0.05, 0.1) is 18.9 Å². The number of anilines is 1. The largest absolute Gasteiger partial charge is 0.494 e. The van der Waals surface area contributed by atoms with Crippen LogP contribution in [0.25, 0.3) is 10.9 Å². The zero-order valence-corrected chi connectivity index (χ0v) is 19.4. The number of nitrogens with zero attached hydrogens (tertiary/aromatic N) is 1. The Bertz CT molecular complexity index is 969. The number of halogens is 1. The monoisotopic (exact) mass is 508 g/mol. The molecule has 1 aromatic heterocycles. The van der Waals surface area contributed by atoms with Gasteiger partial charge in [0.25, 0.3) is 0 Å². The summed E-state index contributed by atoms with van der Waals surface area (Å²) in [5.41, 5.74) is 10.5. The Hall–Kier alpha value is -2.42. The molecule has 2 aromatic carbocycles. The standard InChI is InChI=1S/C22H28N4O2.HI/c1-4-27-17-7-9-21(28-5-2)20(13-17)26-22(23)24-11-10-16-14-25-19-12-15(3)6-8-18(16)19;/h6-9,12-14,25H,4-5,10-11H2,1-3H3,(H3,23,24,26);1H. The zero-order valence-electron chi connectivity index (χ0n) is 17.1. The van der Waals surface area contributed by atoms with E-state index in [0.717, 1.165) is 29.1 Å². The first-order valence-electron chi connectivity index (χ1n) is 9.64. The third kappa shape index (κ3) is 6.03. The molecule has 0 spiro atoms. The first-order chi connectivity index (χ1) is 13.6. The van der Waals surface area contributed by atoms with Gasteiger partial charge in [-0.2, -0.15) is 0 Å². The molecule has 0 radical (unpaired) electrons. The molecule has 6 nitrogen and oxygen atoms in total. The van der Waals surface area contributed by atoms with Crippen LogP contribution in [0.15, 0.2) is 47.6 Å². The van der Waals surface area contributed by atoms with Crippen LogP contribution in [0.2, 0.25) is 0 Å². The molecule has 0 saturated heterocycles. The smallest absolute Gasteiger partial charge is 0.193 e. The number of aryl methyl sites for hydroxylation is 1. The normalized spacial score (nSPS) is 11.2. The zero-order chi connectivity index (χ0) is 19.9. The highest BCUT2D eigenvalue weighted by Crippen LogP contribution is 2.29. The van der Waals surface area contributed by atoms with Gasteiger partial charge in [0.1, 0.15) is 11.5 Å². The molecule has 0 aliphatic heterocycles. The van der Waals surface area contributed by atoms with Crippen LogP contribution in [0.4, 0.5) is 5.69 Å². The molecule has 0 bridgehead atoms. The van der Waals surface area contributed by atoms with Gasteiger partial charge in [-0.25, -0.2) is 0 Å². The summed E-state index contributed by atoms with van der Waals surface area (Å²) in [6, 6.07) is 12.1. The molecular weight excluding hydrogens is 479 g/mol. The molecule has 0 amide bonds. The molecule has 0 saturated carbocycles. The number of fused-ring (bicyclic) bond motifs is 1. The lowest BCUT2D eigenvalue weighted by Crippen LogP contribution is -2.23. The molecule has 29 heavy (non-hydrogen) atoms. The van der Waals surface area contributed by atoms with E-state index < -0.39 is 0 Å². The fourth-order valence-electron chi connectivity index (χ4n) is 3.13. The summed E-state index contributed by atoms with van der Waals surface area (Å²) in [4.78, 5) is 7.79. The molecule has 3 aromatic rings. The fraction of sp³-hybridized carbons (Fsp3) is 0.318. The number of rotatable bonds is 8. The highest BCUT2D eigenvalue weighted by Gasteiger charge is 2.08. The number of benzene rings is 2. The summed E-state index contributed by atoms with van der Waals surface area (Å²) in [7, 11) is 0. The Labute approximate surface area is 188 Å². The molecule has 156 valence electrons. The van der Waals surface area contributed by atoms with Crippen molar-refractivity contribution in [2.45, 2.75) is 27.2 Å². The van der Waals surface area contributed by atoms with E-state index in [9.17, 15) is 0 Å². The van der Waals surface area contributed by atoms with E-state index in [1.807, 2.05) is 38.2 Å². The third-order valence-corrected chi connectivity index (χ3v) is 4.41. The second-order valence-electron chi connectivity index (χ2n) is 6.53. The van der Waals surface area contributed by atoms with Crippen molar-refractivity contribution in [3.05, 3.63) is 53.7 Å². The summed E-state index contributed by atoms with van der Waals surface area (Å²) >= 11 is 0. The first kappa shape index (κ1) is 22.9. The Morgan fingerprint density at radius 3 is 2.66 bits per heavy atom. The van der Waals surface area contributed by atoms with E-state index in [0.29, 0.717) is 25.7 Å². The van der Waals surface area contributed by atoms with Gasteiger partial charge >= 0.3 is 0 Å².